The number of hydrogen-bond acceptors (Lipinski definition) is 5. The molecule has 1 unspecified atom stereocenters. The fourth-order valence-electron chi connectivity index (χ4n) is 3.03. The van der Waals surface area contributed by atoms with E-state index in [-0.39, 0.29) is 5.02 Å². The van der Waals surface area contributed by atoms with Crippen molar-refractivity contribution in [3.05, 3.63) is 45.4 Å². The van der Waals surface area contributed by atoms with E-state index < -0.39 is 26.2 Å². The van der Waals surface area contributed by atoms with Crippen molar-refractivity contribution in [2.24, 2.45) is 0 Å². The molecule has 1 amide bonds. The van der Waals surface area contributed by atoms with Crippen molar-refractivity contribution in [1.29, 1.82) is 0 Å². The summed E-state index contributed by atoms with van der Waals surface area (Å²) in [6.45, 7) is 0. The minimum Gasteiger partial charge on any atom is -0.301 e. The van der Waals surface area contributed by atoms with Gasteiger partial charge in [0.15, 0.2) is 20.2 Å². The number of aromatic nitrogens is 1. The second kappa shape index (κ2) is 7.61. The lowest BCUT2D eigenvalue weighted by Crippen LogP contribution is -2.33. The lowest BCUT2D eigenvalue weighted by Gasteiger charge is -2.21. The smallest absolute Gasteiger partial charge is 0.249 e. The fourth-order valence-corrected chi connectivity index (χ4v) is 6.13. The quantitative estimate of drug-likeness (QED) is 0.775. The molecule has 0 radical (unpaired) electrons. The monoisotopic (exact) mass is 418 g/mol. The molecular formula is C16H16Cl2N2O3S2. The van der Waals surface area contributed by atoms with Crippen molar-refractivity contribution in [2.75, 3.05) is 5.32 Å². The van der Waals surface area contributed by atoms with Gasteiger partial charge in [0.2, 0.25) is 5.91 Å². The number of rotatable bonds is 5. The topological polar surface area (TPSA) is 76.1 Å². The summed E-state index contributed by atoms with van der Waals surface area (Å²) < 4.78 is 26.3. The molecule has 0 aliphatic heterocycles. The van der Waals surface area contributed by atoms with Crippen molar-refractivity contribution in [2.45, 2.75) is 36.2 Å². The van der Waals surface area contributed by atoms with Crippen LogP contribution in [0.1, 0.15) is 36.5 Å². The lowest BCUT2D eigenvalue weighted by atomic mass is 10.1. The summed E-state index contributed by atoms with van der Waals surface area (Å²) in [5.41, 5.74) is 0.315. The van der Waals surface area contributed by atoms with E-state index in [9.17, 15) is 13.2 Å². The van der Waals surface area contributed by atoms with Gasteiger partial charge in [0, 0.05) is 11.6 Å². The van der Waals surface area contributed by atoms with Crippen LogP contribution in [0.15, 0.2) is 29.8 Å². The third kappa shape index (κ3) is 4.00. The molecule has 1 aliphatic carbocycles. The molecule has 1 aromatic carbocycles. The Morgan fingerprint density at radius 1 is 1.24 bits per heavy atom. The van der Waals surface area contributed by atoms with E-state index in [1.165, 1.54) is 29.5 Å². The first-order valence-electron chi connectivity index (χ1n) is 7.77. The van der Waals surface area contributed by atoms with Crippen LogP contribution in [-0.2, 0) is 14.6 Å². The van der Waals surface area contributed by atoms with Gasteiger partial charge in [0.25, 0.3) is 0 Å². The van der Waals surface area contributed by atoms with Gasteiger partial charge >= 0.3 is 0 Å². The Bertz CT molecular complexity index is 864. The molecule has 1 heterocycles. The second-order valence-electron chi connectivity index (χ2n) is 5.88. The van der Waals surface area contributed by atoms with Gasteiger partial charge in [-0.2, -0.15) is 0 Å². The zero-order valence-electron chi connectivity index (χ0n) is 13.1. The highest BCUT2D eigenvalue weighted by Gasteiger charge is 2.41. The molecular weight excluding hydrogens is 403 g/mol. The predicted octanol–water partition coefficient (Wildman–Crippen LogP) is 4.49. The number of hydrogen-bond donors (Lipinski definition) is 1. The summed E-state index contributed by atoms with van der Waals surface area (Å²) in [6, 6.07) is 4.49. The van der Waals surface area contributed by atoms with Crippen LogP contribution in [0.2, 0.25) is 10.0 Å². The van der Waals surface area contributed by atoms with Crippen molar-refractivity contribution in [3.8, 4) is 0 Å². The summed E-state index contributed by atoms with van der Waals surface area (Å²) in [7, 11) is -3.72. The van der Waals surface area contributed by atoms with Crippen molar-refractivity contribution < 1.29 is 13.2 Å². The third-order valence-corrected chi connectivity index (χ3v) is 8.21. The number of thiazole rings is 1. The van der Waals surface area contributed by atoms with Crippen molar-refractivity contribution in [1.82, 2.24) is 4.98 Å². The van der Waals surface area contributed by atoms with Crippen LogP contribution in [-0.4, -0.2) is 24.6 Å². The summed E-state index contributed by atoms with van der Waals surface area (Å²) in [5.74, 6) is -0.625. The van der Waals surface area contributed by atoms with E-state index in [1.54, 1.807) is 11.6 Å². The Labute approximate surface area is 160 Å². The Morgan fingerprint density at radius 3 is 2.56 bits per heavy atom. The maximum Gasteiger partial charge on any atom is 0.249 e. The first kappa shape index (κ1) is 18.6. The molecule has 3 rings (SSSR count). The van der Waals surface area contributed by atoms with Gasteiger partial charge in [-0.3, -0.25) is 4.79 Å². The van der Waals surface area contributed by atoms with Gasteiger partial charge in [-0.15, -0.1) is 11.3 Å². The number of benzene rings is 1. The molecule has 25 heavy (non-hydrogen) atoms. The van der Waals surface area contributed by atoms with Gasteiger partial charge in [-0.25, -0.2) is 13.4 Å². The van der Waals surface area contributed by atoms with Crippen LogP contribution in [0.5, 0.6) is 0 Å². The molecule has 1 saturated carbocycles. The SMILES string of the molecule is O=C(Nc1nccs1)C(c1ccc(Cl)c(Cl)c1)S(=O)(=O)C1CCCC1. The average molecular weight is 419 g/mol. The summed E-state index contributed by atoms with van der Waals surface area (Å²) in [5, 5.41) is 3.32. The number of sulfone groups is 1. The number of anilines is 1. The van der Waals surface area contributed by atoms with Gasteiger partial charge in [-0.1, -0.05) is 42.1 Å². The highest BCUT2D eigenvalue weighted by atomic mass is 35.5. The number of halogens is 2. The molecule has 134 valence electrons. The average Bonchev–Trinajstić information content (AvgIpc) is 3.24. The molecule has 0 saturated heterocycles. The molecule has 1 atom stereocenters. The lowest BCUT2D eigenvalue weighted by molar-refractivity contribution is -0.115. The van der Waals surface area contributed by atoms with Gasteiger partial charge in [0.05, 0.1) is 15.3 Å². The number of nitrogens with one attached hydrogen (secondary N) is 1. The normalized spacial score (nSPS) is 16.7. The molecule has 1 fully saturated rings. The van der Waals surface area contributed by atoms with E-state index in [1.807, 2.05) is 0 Å². The molecule has 1 aromatic heterocycles. The first-order chi connectivity index (χ1) is 11.9. The zero-order valence-corrected chi connectivity index (χ0v) is 16.3. The van der Waals surface area contributed by atoms with Crippen LogP contribution in [0, 0.1) is 0 Å². The molecule has 2 aromatic rings. The molecule has 0 bridgehead atoms. The summed E-state index contributed by atoms with van der Waals surface area (Å²) in [4.78, 5) is 16.8. The first-order valence-corrected chi connectivity index (χ1v) is 11.0. The van der Waals surface area contributed by atoms with Crippen molar-refractivity contribution in [3.63, 3.8) is 0 Å². The molecule has 5 nitrogen and oxygen atoms in total. The van der Waals surface area contributed by atoms with E-state index >= 15 is 0 Å². The van der Waals surface area contributed by atoms with Crippen LogP contribution in [0.3, 0.4) is 0 Å². The molecule has 1 N–H and O–H groups in total. The second-order valence-corrected chi connectivity index (χ2v) is 9.90. The van der Waals surface area contributed by atoms with Gasteiger partial charge in [0.1, 0.15) is 0 Å². The fraction of sp³-hybridized carbons (Fsp3) is 0.375. The van der Waals surface area contributed by atoms with E-state index in [0.29, 0.717) is 28.6 Å². The maximum absolute atomic E-state index is 13.1. The van der Waals surface area contributed by atoms with E-state index in [4.69, 9.17) is 23.2 Å². The Kier molecular flexibility index (Phi) is 5.68. The number of carbonyl (C=O) groups excluding carboxylic acids is 1. The summed E-state index contributed by atoms with van der Waals surface area (Å²) >= 11 is 13.2. The number of carbonyl (C=O) groups is 1. The van der Waals surface area contributed by atoms with E-state index in [2.05, 4.69) is 10.3 Å². The Morgan fingerprint density at radius 2 is 1.96 bits per heavy atom. The number of amides is 1. The molecule has 0 spiro atoms. The van der Waals surface area contributed by atoms with E-state index in [0.717, 1.165) is 12.8 Å². The molecule has 9 heteroatoms. The Hall–Kier alpha value is -1.15. The standard InChI is InChI=1S/C16H16Cl2N2O3S2/c17-12-6-5-10(9-13(12)18)14(15(21)20-16-19-7-8-24-16)25(22,23)11-3-1-2-4-11/h5-9,11,14H,1-4H2,(H,19,20,21). The Balaban J connectivity index is 2.00. The largest absolute Gasteiger partial charge is 0.301 e. The third-order valence-electron chi connectivity index (χ3n) is 4.24. The van der Waals surface area contributed by atoms with Crippen molar-refractivity contribution >= 4 is 55.4 Å². The molecule has 1 aliphatic rings. The number of nitrogens with zero attached hydrogens (tertiary/aromatic N) is 1. The predicted molar refractivity (Wildman–Crippen MR) is 101 cm³/mol. The van der Waals surface area contributed by atoms with Gasteiger partial charge < -0.3 is 5.32 Å². The zero-order chi connectivity index (χ0) is 18.0. The highest BCUT2D eigenvalue weighted by Crippen LogP contribution is 2.37. The van der Waals surface area contributed by atoms with Crippen LogP contribution in [0.25, 0.3) is 0 Å². The highest BCUT2D eigenvalue weighted by molar-refractivity contribution is 7.93. The summed E-state index contributed by atoms with van der Waals surface area (Å²) in [6.07, 6.45) is 4.40. The van der Waals surface area contributed by atoms with Crippen LogP contribution < -0.4 is 5.32 Å². The minimum atomic E-state index is -3.72. The van der Waals surface area contributed by atoms with Crippen LogP contribution >= 0.6 is 34.5 Å². The maximum atomic E-state index is 13.1. The van der Waals surface area contributed by atoms with Crippen LogP contribution in [0.4, 0.5) is 5.13 Å². The minimum absolute atomic E-state index is 0.216. The van der Waals surface area contributed by atoms with Gasteiger partial charge in [-0.05, 0) is 30.5 Å².